The summed E-state index contributed by atoms with van der Waals surface area (Å²) in [6.45, 7) is 2.40. The lowest BCUT2D eigenvalue weighted by Gasteiger charge is -2.41. The molecule has 0 unspecified atom stereocenters. The Labute approximate surface area is 183 Å². The van der Waals surface area contributed by atoms with Gasteiger partial charge in [-0.05, 0) is 44.6 Å². The van der Waals surface area contributed by atoms with Crippen molar-refractivity contribution in [3.8, 4) is 0 Å². The van der Waals surface area contributed by atoms with Crippen LogP contribution in [0.4, 0.5) is 10.7 Å². The Morgan fingerprint density at radius 1 is 1.10 bits per heavy atom. The van der Waals surface area contributed by atoms with Gasteiger partial charge < -0.3 is 19.3 Å². The van der Waals surface area contributed by atoms with E-state index in [1.54, 1.807) is 23.4 Å². The van der Waals surface area contributed by atoms with Crippen LogP contribution in [0.2, 0.25) is 0 Å². The molecule has 0 spiro atoms. The van der Waals surface area contributed by atoms with Gasteiger partial charge in [-0.25, -0.2) is 27.9 Å². The third-order valence-electron chi connectivity index (χ3n) is 5.95. The minimum atomic E-state index is -3.40. The van der Waals surface area contributed by atoms with E-state index in [-0.39, 0.29) is 37.0 Å². The van der Waals surface area contributed by atoms with Crippen molar-refractivity contribution in [3.63, 3.8) is 0 Å². The number of amides is 1. The Morgan fingerprint density at radius 2 is 1.81 bits per heavy atom. The van der Waals surface area contributed by atoms with Gasteiger partial charge >= 0.3 is 6.09 Å². The van der Waals surface area contributed by atoms with Gasteiger partial charge in [0.25, 0.3) is 0 Å². The van der Waals surface area contributed by atoms with Gasteiger partial charge in [-0.2, -0.15) is 0 Å². The molecule has 1 aromatic rings. The molecule has 4 rings (SSSR count). The molecule has 1 N–H and O–H groups in total. The van der Waals surface area contributed by atoms with Gasteiger partial charge in [-0.3, -0.25) is 0 Å². The fourth-order valence-corrected chi connectivity index (χ4v) is 5.03. The normalized spacial score (nSPS) is 25.5. The van der Waals surface area contributed by atoms with Crippen molar-refractivity contribution in [1.82, 2.24) is 19.6 Å². The molecule has 2 atom stereocenters. The molecule has 0 aromatic carbocycles. The lowest BCUT2D eigenvalue weighted by Crippen LogP contribution is -2.59. The van der Waals surface area contributed by atoms with Gasteiger partial charge in [-0.15, -0.1) is 0 Å². The predicted octanol–water partition coefficient (Wildman–Crippen LogP) is 1.14. The van der Waals surface area contributed by atoms with Crippen molar-refractivity contribution in [2.45, 2.75) is 62.8 Å². The number of sulfonamides is 1. The number of carbonyl (C=O) groups is 1. The number of ether oxygens (including phenoxy) is 2. The molecule has 2 saturated heterocycles. The van der Waals surface area contributed by atoms with Gasteiger partial charge in [0.2, 0.25) is 16.0 Å². The molecule has 1 aliphatic carbocycles. The van der Waals surface area contributed by atoms with E-state index in [0.717, 1.165) is 57.4 Å². The zero-order valence-corrected chi connectivity index (χ0v) is 18.7. The van der Waals surface area contributed by atoms with Crippen LogP contribution in [0.1, 0.15) is 38.5 Å². The Morgan fingerprint density at radius 3 is 2.45 bits per heavy atom. The topological polar surface area (TPSA) is 114 Å². The van der Waals surface area contributed by atoms with E-state index in [9.17, 15) is 13.2 Å². The largest absolute Gasteiger partial charge is 0.446 e. The van der Waals surface area contributed by atoms with Crippen molar-refractivity contribution >= 4 is 22.1 Å². The van der Waals surface area contributed by atoms with Gasteiger partial charge in [-0.1, -0.05) is 0 Å². The highest BCUT2D eigenvalue weighted by molar-refractivity contribution is 7.88. The molecule has 11 heteroatoms. The number of rotatable bonds is 7. The molecular formula is C20H31N5O5S. The second-order valence-corrected chi connectivity index (χ2v) is 10.3. The van der Waals surface area contributed by atoms with Crippen LogP contribution in [0.3, 0.4) is 0 Å². The lowest BCUT2D eigenvalue weighted by atomic mass is 9.97. The van der Waals surface area contributed by atoms with Crippen LogP contribution < -0.4 is 9.62 Å². The van der Waals surface area contributed by atoms with Crippen molar-refractivity contribution in [3.05, 3.63) is 18.5 Å². The van der Waals surface area contributed by atoms with Crippen LogP contribution >= 0.6 is 0 Å². The van der Waals surface area contributed by atoms with Crippen LogP contribution in [0, 0.1) is 0 Å². The van der Waals surface area contributed by atoms with Crippen LogP contribution in [0.15, 0.2) is 18.5 Å². The third kappa shape index (κ3) is 6.27. The first-order valence-electron chi connectivity index (χ1n) is 11.0. The summed E-state index contributed by atoms with van der Waals surface area (Å²) in [4.78, 5) is 25.1. The van der Waals surface area contributed by atoms with Crippen molar-refractivity contribution in [2.75, 3.05) is 37.4 Å². The summed E-state index contributed by atoms with van der Waals surface area (Å²) in [5, 5.41) is 0. The van der Waals surface area contributed by atoms with Crippen molar-refractivity contribution in [2.24, 2.45) is 0 Å². The number of aromatic nitrogens is 2. The van der Waals surface area contributed by atoms with E-state index in [2.05, 4.69) is 19.6 Å². The van der Waals surface area contributed by atoms with Crippen LogP contribution in [0.5, 0.6) is 0 Å². The summed E-state index contributed by atoms with van der Waals surface area (Å²) in [5.41, 5.74) is 0. The van der Waals surface area contributed by atoms with E-state index < -0.39 is 10.0 Å². The predicted molar refractivity (Wildman–Crippen MR) is 114 cm³/mol. The van der Waals surface area contributed by atoms with Gasteiger partial charge in [0.15, 0.2) is 0 Å². The van der Waals surface area contributed by atoms with Crippen LogP contribution in [-0.4, -0.2) is 86.2 Å². The Hall–Kier alpha value is -1.98. The standard InChI is InChI=1S/C20H31N5O5S/c1-31(27,28)23-17-4-2-11-25(20(26)30-16-5-6-16)18(17)14-29-15-7-12-24(13-8-15)19-21-9-3-10-22-19/h3,9-10,15-18,23H,2,4-8,11-14H2,1H3/t17-,18-/m0/s1. The monoisotopic (exact) mass is 453 g/mol. The fraction of sp³-hybridized carbons (Fsp3) is 0.750. The number of piperidine rings is 2. The summed E-state index contributed by atoms with van der Waals surface area (Å²) in [5.74, 6) is 0.722. The summed E-state index contributed by atoms with van der Waals surface area (Å²) in [6, 6.07) is 1.03. The summed E-state index contributed by atoms with van der Waals surface area (Å²) >= 11 is 0. The van der Waals surface area contributed by atoms with Gasteiger partial charge in [0.05, 0.1) is 25.0 Å². The molecular weight excluding hydrogens is 422 g/mol. The van der Waals surface area contributed by atoms with Gasteiger partial charge in [0, 0.05) is 38.1 Å². The van der Waals surface area contributed by atoms with E-state index in [1.165, 1.54) is 0 Å². The zero-order valence-electron chi connectivity index (χ0n) is 17.9. The first-order chi connectivity index (χ1) is 14.9. The second kappa shape index (κ2) is 9.66. The van der Waals surface area contributed by atoms with Crippen LogP contribution in [0.25, 0.3) is 0 Å². The third-order valence-corrected chi connectivity index (χ3v) is 6.68. The maximum atomic E-state index is 12.7. The molecule has 0 bridgehead atoms. The van der Waals surface area contributed by atoms with Crippen molar-refractivity contribution in [1.29, 1.82) is 0 Å². The van der Waals surface area contributed by atoms with Gasteiger partial charge in [0.1, 0.15) is 6.10 Å². The maximum absolute atomic E-state index is 12.7. The lowest BCUT2D eigenvalue weighted by molar-refractivity contribution is -0.0214. The number of hydrogen-bond acceptors (Lipinski definition) is 8. The molecule has 2 aliphatic heterocycles. The quantitative estimate of drug-likeness (QED) is 0.654. The zero-order chi connectivity index (χ0) is 21.8. The second-order valence-electron chi connectivity index (χ2n) is 8.55. The van der Waals surface area contributed by atoms with Crippen molar-refractivity contribution < 1.29 is 22.7 Å². The molecule has 1 aromatic heterocycles. The highest BCUT2D eigenvalue weighted by Gasteiger charge is 2.39. The Bertz CT molecular complexity index is 843. The van der Waals surface area contributed by atoms with E-state index in [4.69, 9.17) is 9.47 Å². The molecule has 31 heavy (non-hydrogen) atoms. The highest BCUT2D eigenvalue weighted by atomic mass is 32.2. The SMILES string of the molecule is CS(=O)(=O)N[C@H]1CCCN(C(=O)OC2CC2)[C@H]1COC1CCN(c2ncccn2)CC1. The number of hydrogen-bond donors (Lipinski definition) is 1. The minimum absolute atomic E-state index is 0.00171. The Kier molecular flexibility index (Phi) is 6.92. The average Bonchev–Trinajstić information content (AvgIpc) is 3.56. The number of anilines is 1. The number of nitrogens with one attached hydrogen (secondary N) is 1. The molecule has 0 radical (unpaired) electrons. The smallest absolute Gasteiger partial charge is 0.410 e. The van der Waals surface area contributed by atoms with Crippen LogP contribution in [-0.2, 0) is 19.5 Å². The molecule has 10 nitrogen and oxygen atoms in total. The molecule has 172 valence electrons. The number of nitrogens with zero attached hydrogens (tertiary/aromatic N) is 4. The first kappa shape index (κ1) is 22.2. The fourth-order valence-electron chi connectivity index (χ4n) is 4.21. The minimum Gasteiger partial charge on any atom is -0.446 e. The molecule has 3 heterocycles. The first-order valence-corrected chi connectivity index (χ1v) is 12.9. The van der Waals surface area contributed by atoms with E-state index >= 15 is 0 Å². The number of carbonyl (C=O) groups excluding carboxylic acids is 1. The van der Waals surface area contributed by atoms with E-state index in [0.29, 0.717) is 13.0 Å². The maximum Gasteiger partial charge on any atom is 0.410 e. The Balaban J connectivity index is 1.35. The molecule has 3 aliphatic rings. The summed E-state index contributed by atoms with van der Waals surface area (Å²) in [7, 11) is -3.40. The van der Waals surface area contributed by atoms with E-state index in [1.807, 2.05) is 0 Å². The molecule has 3 fully saturated rings. The highest BCUT2D eigenvalue weighted by Crippen LogP contribution is 2.27. The summed E-state index contributed by atoms with van der Waals surface area (Å²) in [6.07, 6.45) is 9.12. The number of likely N-dealkylation sites (tertiary alicyclic amines) is 1. The average molecular weight is 454 g/mol. The molecule has 1 amide bonds. The summed E-state index contributed by atoms with van der Waals surface area (Å²) < 4.78 is 38.2. The molecule has 1 saturated carbocycles.